The van der Waals surface area contributed by atoms with Crippen molar-refractivity contribution in [2.75, 3.05) is 18.5 Å². The number of aromatic nitrogens is 2. The Morgan fingerprint density at radius 3 is 2.78 bits per heavy atom. The Morgan fingerprint density at radius 2 is 2.04 bits per heavy atom. The molecular weight excluding hydrogens is 340 g/mol. The molecule has 1 N–H and O–H groups in total. The molecule has 0 radical (unpaired) electrons. The van der Waals surface area contributed by atoms with Crippen LogP contribution in [0.15, 0.2) is 30.5 Å². The number of hydrogen-bond donors (Lipinski definition) is 1. The fourth-order valence-electron chi connectivity index (χ4n) is 3.78. The Bertz CT molecular complexity index is 799. The molecule has 0 saturated heterocycles. The first-order chi connectivity index (χ1) is 13.2. The Labute approximate surface area is 160 Å². The number of fused-ring (bicyclic) bond motifs is 2. The number of rotatable bonds is 5. The molecule has 2 heterocycles. The van der Waals surface area contributed by atoms with E-state index in [1.165, 1.54) is 11.1 Å². The Morgan fingerprint density at radius 1 is 1.26 bits per heavy atom. The van der Waals surface area contributed by atoms with Crippen molar-refractivity contribution in [3.63, 3.8) is 0 Å². The minimum absolute atomic E-state index is 0.236. The maximum absolute atomic E-state index is 12.1. The molecule has 6 nitrogen and oxygen atoms in total. The number of anilines is 1. The smallest absolute Gasteiger partial charge is 0.410 e. The average Bonchev–Trinajstić information content (AvgIpc) is 3.10. The SMILES string of the molecule is CCCCOC(=O)N1CCc2nc(NC3Cc4ccccc4C3)ncc2C1. The number of benzene rings is 1. The summed E-state index contributed by atoms with van der Waals surface area (Å²) in [5.74, 6) is 0.686. The van der Waals surface area contributed by atoms with Crippen LogP contribution >= 0.6 is 0 Å². The molecule has 2 aliphatic rings. The van der Waals surface area contributed by atoms with Gasteiger partial charge in [0.25, 0.3) is 0 Å². The monoisotopic (exact) mass is 366 g/mol. The largest absolute Gasteiger partial charge is 0.449 e. The zero-order valence-electron chi connectivity index (χ0n) is 15.8. The summed E-state index contributed by atoms with van der Waals surface area (Å²) in [6.07, 6.45) is 6.28. The summed E-state index contributed by atoms with van der Waals surface area (Å²) in [5.41, 5.74) is 4.85. The van der Waals surface area contributed by atoms with Crippen molar-refractivity contribution in [2.45, 2.75) is 51.6 Å². The summed E-state index contributed by atoms with van der Waals surface area (Å²) in [6.45, 7) is 3.73. The lowest BCUT2D eigenvalue weighted by Gasteiger charge is -2.27. The first-order valence-corrected chi connectivity index (χ1v) is 9.82. The lowest BCUT2D eigenvalue weighted by Crippen LogP contribution is -2.37. The van der Waals surface area contributed by atoms with Gasteiger partial charge >= 0.3 is 6.09 Å². The van der Waals surface area contributed by atoms with E-state index in [0.29, 0.717) is 31.7 Å². The number of amides is 1. The number of hydrogen-bond acceptors (Lipinski definition) is 5. The highest BCUT2D eigenvalue weighted by atomic mass is 16.6. The second-order valence-electron chi connectivity index (χ2n) is 7.32. The molecule has 4 rings (SSSR count). The minimum atomic E-state index is -0.236. The number of nitrogens with one attached hydrogen (secondary N) is 1. The summed E-state index contributed by atoms with van der Waals surface area (Å²) in [5, 5.41) is 3.48. The first kappa shape index (κ1) is 17.8. The van der Waals surface area contributed by atoms with E-state index in [-0.39, 0.29) is 6.09 Å². The molecule has 0 unspecified atom stereocenters. The minimum Gasteiger partial charge on any atom is -0.449 e. The summed E-state index contributed by atoms with van der Waals surface area (Å²) in [7, 11) is 0. The van der Waals surface area contributed by atoms with E-state index in [4.69, 9.17) is 9.72 Å². The van der Waals surface area contributed by atoms with E-state index in [9.17, 15) is 4.79 Å². The van der Waals surface area contributed by atoms with Gasteiger partial charge in [-0.15, -0.1) is 0 Å². The molecule has 0 atom stereocenters. The fraction of sp³-hybridized carbons (Fsp3) is 0.476. The average molecular weight is 366 g/mol. The summed E-state index contributed by atoms with van der Waals surface area (Å²) >= 11 is 0. The Balaban J connectivity index is 1.36. The van der Waals surface area contributed by atoms with Crippen molar-refractivity contribution in [1.29, 1.82) is 0 Å². The van der Waals surface area contributed by atoms with E-state index in [0.717, 1.165) is 43.4 Å². The molecular formula is C21H26N4O2. The van der Waals surface area contributed by atoms with E-state index in [2.05, 4.69) is 41.5 Å². The quantitative estimate of drug-likeness (QED) is 0.822. The maximum atomic E-state index is 12.1. The lowest BCUT2D eigenvalue weighted by molar-refractivity contribution is 0.0963. The van der Waals surface area contributed by atoms with Crippen LogP contribution in [0.25, 0.3) is 0 Å². The first-order valence-electron chi connectivity index (χ1n) is 9.82. The third-order valence-electron chi connectivity index (χ3n) is 5.30. The fourth-order valence-corrected chi connectivity index (χ4v) is 3.78. The van der Waals surface area contributed by atoms with Gasteiger partial charge < -0.3 is 15.0 Å². The molecule has 1 aliphatic heterocycles. The third-order valence-corrected chi connectivity index (χ3v) is 5.30. The van der Waals surface area contributed by atoms with Gasteiger partial charge in [0.15, 0.2) is 0 Å². The molecule has 1 aromatic carbocycles. The van der Waals surface area contributed by atoms with Crippen molar-refractivity contribution in [3.8, 4) is 0 Å². The highest BCUT2D eigenvalue weighted by Crippen LogP contribution is 2.24. The standard InChI is InChI=1S/C21H26N4O2/c1-2-3-10-27-21(26)25-9-8-19-17(14-25)13-22-20(24-19)23-18-11-15-6-4-5-7-16(15)12-18/h4-7,13,18H,2-3,8-12,14H2,1H3,(H,22,23,24). The van der Waals surface area contributed by atoms with Crippen LogP contribution in [0.3, 0.4) is 0 Å². The van der Waals surface area contributed by atoms with Gasteiger partial charge in [-0.1, -0.05) is 37.6 Å². The molecule has 1 aliphatic carbocycles. The van der Waals surface area contributed by atoms with Crippen molar-refractivity contribution >= 4 is 12.0 Å². The molecule has 1 amide bonds. The van der Waals surface area contributed by atoms with Gasteiger partial charge in [0.05, 0.1) is 18.8 Å². The Kier molecular flexibility index (Phi) is 5.23. The second-order valence-corrected chi connectivity index (χ2v) is 7.32. The Hall–Kier alpha value is -2.63. The highest BCUT2D eigenvalue weighted by Gasteiger charge is 2.25. The predicted octanol–water partition coefficient (Wildman–Crippen LogP) is 3.35. The number of carbonyl (C=O) groups excluding carboxylic acids is 1. The number of carbonyl (C=O) groups is 1. The molecule has 0 saturated carbocycles. The van der Waals surface area contributed by atoms with Crippen LogP contribution < -0.4 is 5.32 Å². The van der Waals surface area contributed by atoms with Crippen molar-refractivity contribution in [2.24, 2.45) is 0 Å². The van der Waals surface area contributed by atoms with Crippen molar-refractivity contribution in [1.82, 2.24) is 14.9 Å². The zero-order chi connectivity index (χ0) is 18.6. The lowest BCUT2D eigenvalue weighted by atomic mass is 10.1. The molecule has 0 fully saturated rings. The van der Waals surface area contributed by atoms with Crippen LogP contribution in [0.1, 0.15) is 42.1 Å². The van der Waals surface area contributed by atoms with Gasteiger partial charge in [-0.2, -0.15) is 0 Å². The van der Waals surface area contributed by atoms with E-state index >= 15 is 0 Å². The van der Waals surface area contributed by atoms with E-state index in [1.54, 1.807) is 4.90 Å². The van der Waals surface area contributed by atoms with Crippen LogP contribution in [-0.4, -0.2) is 40.2 Å². The van der Waals surface area contributed by atoms with Gasteiger partial charge in [-0.05, 0) is 30.4 Å². The summed E-state index contributed by atoms with van der Waals surface area (Å²) < 4.78 is 5.31. The zero-order valence-corrected chi connectivity index (χ0v) is 15.8. The number of ether oxygens (including phenoxy) is 1. The summed E-state index contributed by atoms with van der Waals surface area (Å²) in [6, 6.07) is 8.91. The molecule has 6 heteroatoms. The molecule has 2 aromatic rings. The van der Waals surface area contributed by atoms with Gasteiger partial charge in [-0.25, -0.2) is 14.8 Å². The number of unbranched alkanes of at least 4 members (excludes halogenated alkanes) is 1. The number of nitrogens with zero attached hydrogens (tertiary/aromatic N) is 3. The molecule has 27 heavy (non-hydrogen) atoms. The predicted molar refractivity (Wildman–Crippen MR) is 104 cm³/mol. The van der Waals surface area contributed by atoms with Crippen LogP contribution in [-0.2, 0) is 30.5 Å². The van der Waals surface area contributed by atoms with E-state index < -0.39 is 0 Å². The van der Waals surface area contributed by atoms with Crippen molar-refractivity contribution in [3.05, 3.63) is 52.8 Å². The molecule has 0 bridgehead atoms. The van der Waals surface area contributed by atoms with Crippen LogP contribution in [0.2, 0.25) is 0 Å². The normalized spacial score (nSPS) is 16.0. The van der Waals surface area contributed by atoms with Gasteiger partial charge in [0.1, 0.15) is 0 Å². The highest BCUT2D eigenvalue weighted by molar-refractivity contribution is 5.68. The van der Waals surface area contributed by atoms with Crippen LogP contribution in [0, 0.1) is 0 Å². The van der Waals surface area contributed by atoms with Gasteiger partial charge in [0, 0.05) is 30.8 Å². The van der Waals surface area contributed by atoms with E-state index in [1.807, 2.05) is 6.20 Å². The second kappa shape index (κ2) is 7.94. The van der Waals surface area contributed by atoms with Crippen LogP contribution in [0.4, 0.5) is 10.7 Å². The molecule has 142 valence electrons. The molecule has 1 aromatic heterocycles. The third kappa shape index (κ3) is 4.04. The summed E-state index contributed by atoms with van der Waals surface area (Å²) in [4.78, 5) is 23.1. The van der Waals surface area contributed by atoms with Gasteiger partial charge in [-0.3, -0.25) is 0 Å². The topological polar surface area (TPSA) is 67.3 Å². The molecule has 0 spiro atoms. The van der Waals surface area contributed by atoms with Crippen LogP contribution in [0.5, 0.6) is 0 Å². The maximum Gasteiger partial charge on any atom is 0.410 e. The van der Waals surface area contributed by atoms with Gasteiger partial charge in [0.2, 0.25) is 5.95 Å². The van der Waals surface area contributed by atoms with Crippen molar-refractivity contribution < 1.29 is 9.53 Å².